The van der Waals surface area contributed by atoms with Crippen LogP contribution in [0.3, 0.4) is 0 Å². The maximum absolute atomic E-state index is 14.0. The fraction of sp³-hybridized carbons (Fsp3) is 0.516. The Labute approximate surface area is 249 Å². The Bertz CT molecular complexity index is 1090. The number of hydrogen-bond donors (Lipinski definition) is 3. The molecule has 2 unspecified atom stereocenters. The third-order valence-electron chi connectivity index (χ3n) is 6.35. The third kappa shape index (κ3) is 10.7. The van der Waals surface area contributed by atoms with E-state index in [1.165, 1.54) is 0 Å². The Morgan fingerprint density at radius 2 is 1.62 bits per heavy atom. The zero-order chi connectivity index (χ0) is 29.7. The maximum Gasteiger partial charge on any atom is 0.408 e. The van der Waals surface area contributed by atoms with Crippen LogP contribution in [-0.4, -0.2) is 46.7 Å². The van der Waals surface area contributed by atoms with Gasteiger partial charge in [0, 0.05) is 12.3 Å². The van der Waals surface area contributed by atoms with Crippen LogP contribution in [0.25, 0.3) is 0 Å². The maximum atomic E-state index is 14.0. The minimum absolute atomic E-state index is 0.0395. The van der Waals surface area contributed by atoms with Gasteiger partial charge in [-0.15, -0.1) is 0 Å². The Morgan fingerprint density at radius 1 is 0.975 bits per heavy atom. The van der Waals surface area contributed by atoms with Gasteiger partial charge in [-0.05, 0) is 51.3 Å². The highest BCUT2D eigenvalue weighted by Crippen LogP contribution is 2.29. The van der Waals surface area contributed by atoms with Gasteiger partial charge in [0.2, 0.25) is 5.91 Å². The smallest absolute Gasteiger partial charge is 0.408 e. The number of nitrogens with zero attached hydrogens (tertiary/aromatic N) is 1. The summed E-state index contributed by atoms with van der Waals surface area (Å²) in [5.41, 5.74) is 1.23. The number of unbranched alkanes of at least 4 members (excludes halogenated alkanes) is 5. The molecule has 0 heterocycles. The van der Waals surface area contributed by atoms with E-state index in [1.807, 2.05) is 49.4 Å². The molecule has 2 aromatic rings. The molecule has 0 bridgehead atoms. The van der Waals surface area contributed by atoms with Crippen molar-refractivity contribution in [3.8, 4) is 0 Å². The van der Waals surface area contributed by atoms with Crippen LogP contribution in [-0.2, 0) is 14.3 Å². The topological polar surface area (TPSA) is 87.7 Å². The van der Waals surface area contributed by atoms with E-state index in [9.17, 15) is 14.4 Å². The van der Waals surface area contributed by atoms with Crippen molar-refractivity contribution in [3.05, 3.63) is 64.7 Å². The van der Waals surface area contributed by atoms with Gasteiger partial charge in [0.25, 0.3) is 5.91 Å². The first-order valence-corrected chi connectivity index (χ1v) is 15.0. The predicted octanol–water partition coefficient (Wildman–Crippen LogP) is 7.34. The second kappa shape index (κ2) is 16.5. The van der Waals surface area contributed by atoms with E-state index >= 15 is 0 Å². The zero-order valence-electron chi connectivity index (χ0n) is 24.3. The Morgan fingerprint density at radius 3 is 2.23 bits per heavy atom. The summed E-state index contributed by atoms with van der Waals surface area (Å²) in [6, 6.07) is 12.6. The van der Waals surface area contributed by atoms with Gasteiger partial charge < -0.3 is 20.3 Å². The van der Waals surface area contributed by atoms with Crippen LogP contribution in [0.15, 0.2) is 48.5 Å². The lowest BCUT2D eigenvalue weighted by Crippen LogP contribution is -2.53. The van der Waals surface area contributed by atoms with E-state index in [2.05, 4.69) is 30.2 Å². The Kier molecular flexibility index (Phi) is 13.8. The lowest BCUT2D eigenvalue weighted by atomic mass is 10.0. The van der Waals surface area contributed by atoms with E-state index in [0.717, 1.165) is 37.7 Å². The van der Waals surface area contributed by atoms with Gasteiger partial charge in [-0.25, -0.2) is 4.79 Å². The Hall–Kier alpha value is -2.71. The largest absolute Gasteiger partial charge is 0.444 e. The van der Waals surface area contributed by atoms with Crippen LogP contribution < -0.4 is 10.6 Å². The molecule has 9 heteroatoms. The van der Waals surface area contributed by atoms with Crippen molar-refractivity contribution in [2.24, 2.45) is 0 Å². The highest BCUT2D eigenvalue weighted by molar-refractivity contribution is 7.80. The quantitative estimate of drug-likeness (QED) is 0.159. The molecule has 40 heavy (non-hydrogen) atoms. The molecule has 2 rings (SSSR count). The number of rotatable bonds is 14. The highest BCUT2D eigenvalue weighted by atomic mass is 35.5. The fourth-order valence-electron chi connectivity index (χ4n) is 4.35. The molecule has 3 amide bonds. The molecule has 0 aliphatic rings. The summed E-state index contributed by atoms with van der Waals surface area (Å²) in [6.45, 7) is 9.61. The van der Waals surface area contributed by atoms with Crippen LogP contribution >= 0.6 is 24.2 Å². The fourth-order valence-corrected chi connectivity index (χ4v) is 4.87. The SMILES string of the molecule is CCCCCCCCN(C(=O)C(CS)NC(=O)OC(C)(C)C)C(C(=O)Nc1c(C)cccc1Cl)c1ccccc1. The monoisotopic (exact) mass is 589 g/mol. The molecule has 0 aliphatic carbocycles. The third-order valence-corrected chi connectivity index (χ3v) is 7.03. The second-order valence-corrected chi connectivity index (χ2v) is 11.7. The first-order valence-electron chi connectivity index (χ1n) is 14.0. The number of aryl methyl sites for hydroxylation is 1. The zero-order valence-corrected chi connectivity index (χ0v) is 26.0. The van der Waals surface area contributed by atoms with E-state index in [-0.39, 0.29) is 5.75 Å². The number of carbonyl (C=O) groups excluding carboxylic acids is 3. The summed E-state index contributed by atoms with van der Waals surface area (Å²) >= 11 is 10.8. The van der Waals surface area contributed by atoms with Crippen LogP contribution in [0.1, 0.15) is 83.4 Å². The standard InChI is InChI=1S/C31H44ClN3O4S/c1-6-7-8-9-10-14-20-35(29(37)25(21-40)33-30(38)39-31(3,4)5)27(23-17-12-11-13-18-23)28(36)34-26-22(2)16-15-19-24(26)32/h11-13,15-19,25,27,40H,6-10,14,20-21H2,1-5H3,(H,33,38)(H,34,36). The molecule has 0 fully saturated rings. The lowest BCUT2D eigenvalue weighted by Gasteiger charge is -2.34. The van der Waals surface area contributed by atoms with Crippen LogP contribution in [0.4, 0.5) is 10.5 Å². The molecule has 0 saturated carbocycles. The molecular formula is C31H44ClN3O4S. The molecule has 2 atom stereocenters. The lowest BCUT2D eigenvalue weighted by molar-refractivity contribution is -0.140. The van der Waals surface area contributed by atoms with Crippen molar-refractivity contribution in [1.82, 2.24) is 10.2 Å². The van der Waals surface area contributed by atoms with Crippen LogP contribution in [0, 0.1) is 6.92 Å². The summed E-state index contributed by atoms with van der Waals surface area (Å²) in [7, 11) is 0. The number of thiol groups is 1. The van der Waals surface area contributed by atoms with Crippen molar-refractivity contribution in [1.29, 1.82) is 0 Å². The number of para-hydroxylation sites is 1. The van der Waals surface area contributed by atoms with Crippen molar-refractivity contribution < 1.29 is 19.1 Å². The molecule has 2 N–H and O–H groups in total. The molecule has 2 aromatic carbocycles. The molecule has 0 aromatic heterocycles. The summed E-state index contributed by atoms with van der Waals surface area (Å²) in [5.74, 6) is -0.760. The van der Waals surface area contributed by atoms with Crippen LogP contribution in [0.2, 0.25) is 5.02 Å². The predicted molar refractivity (Wildman–Crippen MR) is 166 cm³/mol. The minimum Gasteiger partial charge on any atom is -0.444 e. The van der Waals surface area contributed by atoms with Gasteiger partial charge in [0.15, 0.2) is 0 Å². The number of anilines is 1. The van der Waals surface area contributed by atoms with Crippen molar-refractivity contribution in [2.75, 3.05) is 17.6 Å². The van der Waals surface area contributed by atoms with Gasteiger partial charge >= 0.3 is 6.09 Å². The van der Waals surface area contributed by atoms with Crippen molar-refractivity contribution in [3.63, 3.8) is 0 Å². The molecule has 7 nitrogen and oxygen atoms in total. The molecule has 0 spiro atoms. The number of halogens is 1. The number of benzene rings is 2. The Balaban J connectivity index is 2.43. The van der Waals surface area contributed by atoms with Crippen molar-refractivity contribution in [2.45, 2.75) is 90.8 Å². The second-order valence-electron chi connectivity index (χ2n) is 10.9. The summed E-state index contributed by atoms with van der Waals surface area (Å²) in [6.07, 6.45) is 5.39. The number of hydrogen-bond acceptors (Lipinski definition) is 5. The number of carbonyl (C=O) groups is 3. The number of ether oxygens (including phenoxy) is 1. The van der Waals surface area contributed by atoms with Gasteiger partial charge in [0.05, 0.1) is 10.7 Å². The van der Waals surface area contributed by atoms with E-state index in [1.54, 1.807) is 31.7 Å². The molecule has 0 saturated heterocycles. The highest BCUT2D eigenvalue weighted by Gasteiger charge is 2.36. The summed E-state index contributed by atoms with van der Waals surface area (Å²) in [4.78, 5) is 42.1. The van der Waals surface area contributed by atoms with Gasteiger partial charge in [-0.3, -0.25) is 9.59 Å². The number of amides is 3. The molecule has 0 aliphatic heterocycles. The van der Waals surface area contributed by atoms with Gasteiger partial charge in [-0.1, -0.05) is 93.1 Å². The van der Waals surface area contributed by atoms with Crippen LogP contribution in [0.5, 0.6) is 0 Å². The average Bonchev–Trinajstić information content (AvgIpc) is 2.89. The molecule has 220 valence electrons. The average molecular weight is 590 g/mol. The number of nitrogens with one attached hydrogen (secondary N) is 2. The van der Waals surface area contributed by atoms with E-state index < -0.39 is 35.6 Å². The first-order chi connectivity index (χ1) is 19.0. The van der Waals surface area contributed by atoms with Gasteiger partial charge in [-0.2, -0.15) is 12.6 Å². The molecular weight excluding hydrogens is 546 g/mol. The summed E-state index contributed by atoms with van der Waals surface area (Å²) < 4.78 is 5.39. The van der Waals surface area contributed by atoms with Crippen molar-refractivity contribution >= 4 is 47.8 Å². The molecule has 0 radical (unpaired) electrons. The minimum atomic E-state index is -0.987. The van der Waals surface area contributed by atoms with E-state index in [0.29, 0.717) is 29.2 Å². The number of alkyl carbamates (subject to hydrolysis) is 1. The van der Waals surface area contributed by atoms with E-state index in [4.69, 9.17) is 16.3 Å². The normalized spacial score (nSPS) is 12.8. The van der Waals surface area contributed by atoms with Gasteiger partial charge in [0.1, 0.15) is 17.7 Å². The summed E-state index contributed by atoms with van der Waals surface area (Å²) in [5, 5.41) is 6.03. The first kappa shape index (κ1) is 33.5.